The van der Waals surface area contributed by atoms with E-state index in [9.17, 15) is 8.42 Å². The first-order valence-corrected chi connectivity index (χ1v) is 9.23. The predicted octanol–water partition coefficient (Wildman–Crippen LogP) is 2.53. The molecule has 1 aliphatic heterocycles. The largest absolute Gasteiger partial charge is 0.244 e. The fourth-order valence-corrected chi connectivity index (χ4v) is 6.04. The molecule has 1 aromatic heterocycles. The van der Waals surface area contributed by atoms with Gasteiger partial charge in [0.25, 0.3) is 0 Å². The first-order chi connectivity index (χ1) is 8.05. The number of hydrogen-bond donors (Lipinski definition) is 0. The van der Waals surface area contributed by atoms with Gasteiger partial charge in [-0.15, -0.1) is 22.9 Å². The van der Waals surface area contributed by atoms with Gasteiger partial charge in [0.2, 0.25) is 10.0 Å². The molecule has 0 unspecified atom stereocenters. The molecule has 0 atom stereocenters. The summed E-state index contributed by atoms with van der Waals surface area (Å²) in [4.78, 5) is 2.18. The Morgan fingerprint density at radius 1 is 1.41 bits per heavy atom. The number of hydrogen-bond acceptors (Lipinski definition) is 4. The molecule has 0 bridgehead atoms. The van der Waals surface area contributed by atoms with E-state index >= 15 is 0 Å². The molecule has 0 N–H and O–H groups in total. The lowest BCUT2D eigenvalue weighted by atomic mass is 10.4. The number of nitrogens with zero attached hydrogens (tertiary/aromatic N) is 1. The van der Waals surface area contributed by atoms with Gasteiger partial charge in [0.15, 0.2) is 0 Å². The van der Waals surface area contributed by atoms with E-state index in [2.05, 4.69) is 0 Å². The molecule has 0 aliphatic carbocycles. The van der Waals surface area contributed by atoms with Crippen molar-refractivity contribution in [1.82, 2.24) is 4.31 Å². The fraction of sp³-hybridized carbons (Fsp3) is 0.600. The minimum absolute atomic E-state index is 0.372. The molecule has 3 nitrogen and oxygen atoms in total. The molecule has 96 valence electrons. The van der Waals surface area contributed by atoms with E-state index in [4.69, 9.17) is 11.6 Å². The summed E-state index contributed by atoms with van der Waals surface area (Å²) >= 11 is 9.01. The van der Waals surface area contributed by atoms with Crippen LogP contribution in [0.25, 0.3) is 0 Å². The molecule has 2 rings (SSSR count). The average Bonchev–Trinajstić information content (AvgIpc) is 2.72. The van der Waals surface area contributed by atoms with Gasteiger partial charge in [-0.25, -0.2) is 8.42 Å². The highest BCUT2D eigenvalue weighted by Crippen LogP contribution is 2.30. The van der Waals surface area contributed by atoms with E-state index < -0.39 is 10.0 Å². The summed E-state index contributed by atoms with van der Waals surface area (Å²) in [5.74, 6) is 2.13. The van der Waals surface area contributed by atoms with Crippen LogP contribution in [-0.4, -0.2) is 37.3 Å². The van der Waals surface area contributed by atoms with E-state index in [0.29, 0.717) is 23.9 Å². The van der Waals surface area contributed by atoms with Crippen LogP contribution >= 0.6 is 34.7 Å². The smallest absolute Gasteiger partial charge is 0.207 e. The van der Waals surface area contributed by atoms with Gasteiger partial charge >= 0.3 is 0 Å². The van der Waals surface area contributed by atoms with Crippen LogP contribution in [0.5, 0.6) is 0 Å². The van der Waals surface area contributed by atoms with Crippen molar-refractivity contribution >= 4 is 44.7 Å². The van der Waals surface area contributed by atoms with E-state index in [0.717, 1.165) is 21.3 Å². The van der Waals surface area contributed by atoms with E-state index in [1.165, 1.54) is 11.3 Å². The van der Waals surface area contributed by atoms with Crippen molar-refractivity contribution in [1.29, 1.82) is 0 Å². The molecule has 0 spiro atoms. The van der Waals surface area contributed by atoms with Crippen molar-refractivity contribution in [2.75, 3.05) is 24.6 Å². The zero-order valence-corrected chi connectivity index (χ0v) is 12.7. The summed E-state index contributed by atoms with van der Waals surface area (Å²) in [5, 5.41) is 0. The minimum atomic E-state index is -3.31. The van der Waals surface area contributed by atoms with Gasteiger partial charge in [0, 0.05) is 34.3 Å². The van der Waals surface area contributed by atoms with Crippen molar-refractivity contribution in [2.45, 2.75) is 17.7 Å². The third-order valence-electron chi connectivity index (χ3n) is 2.64. The standard InChI is InChI=1S/C10H14ClNO2S3/c1-8-10(6-9(7-11)16-8)17(13,14)12-2-4-15-5-3-12/h6H,2-5,7H2,1H3. The molecule has 7 heteroatoms. The molecule has 1 saturated heterocycles. The molecular weight excluding hydrogens is 298 g/mol. The van der Waals surface area contributed by atoms with Crippen molar-refractivity contribution in [2.24, 2.45) is 0 Å². The van der Waals surface area contributed by atoms with Gasteiger partial charge in [-0.05, 0) is 13.0 Å². The lowest BCUT2D eigenvalue weighted by molar-refractivity contribution is 0.443. The maximum absolute atomic E-state index is 12.4. The van der Waals surface area contributed by atoms with Crippen LogP contribution in [0.4, 0.5) is 0 Å². The highest BCUT2D eigenvalue weighted by Gasteiger charge is 2.28. The van der Waals surface area contributed by atoms with Crippen LogP contribution in [0.3, 0.4) is 0 Å². The second-order valence-electron chi connectivity index (χ2n) is 3.78. The molecule has 1 fully saturated rings. The van der Waals surface area contributed by atoms with Crippen LogP contribution in [0.15, 0.2) is 11.0 Å². The Hall–Kier alpha value is 0.250. The zero-order valence-electron chi connectivity index (χ0n) is 9.48. The third-order valence-corrected chi connectivity index (χ3v) is 7.24. The maximum atomic E-state index is 12.4. The lowest BCUT2D eigenvalue weighted by Crippen LogP contribution is -2.37. The first kappa shape index (κ1) is 13.7. The number of rotatable bonds is 3. The summed E-state index contributed by atoms with van der Waals surface area (Å²) in [7, 11) is -3.31. The number of halogens is 1. The quantitative estimate of drug-likeness (QED) is 0.805. The van der Waals surface area contributed by atoms with Crippen molar-refractivity contribution in [3.05, 3.63) is 15.8 Å². The van der Waals surface area contributed by atoms with Gasteiger partial charge in [0.05, 0.1) is 10.8 Å². The van der Waals surface area contributed by atoms with Crippen LogP contribution < -0.4 is 0 Å². The minimum Gasteiger partial charge on any atom is -0.207 e. The molecule has 0 aromatic carbocycles. The monoisotopic (exact) mass is 311 g/mol. The molecule has 0 amide bonds. The Morgan fingerprint density at radius 3 is 2.59 bits per heavy atom. The summed E-state index contributed by atoms with van der Waals surface area (Å²) in [6, 6.07) is 1.71. The first-order valence-electron chi connectivity index (χ1n) is 5.29. The number of aryl methyl sites for hydroxylation is 1. The second-order valence-corrected chi connectivity index (χ2v) is 8.52. The van der Waals surface area contributed by atoms with Gasteiger partial charge in [-0.3, -0.25) is 0 Å². The predicted molar refractivity (Wildman–Crippen MR) is 74.7 cm³/mol. The second kappa shape index (κ2) is 5.48. The number of sulfonamides is 1. The van der Waals surface area contributed by atoms with Crippen LogP contribution in [0.2, 0.25) is 0 Å². The Bertz CT molecular complexity index is 492. The summed E-state index contributed by atoms with van der Waals surface area (Å²) < 4.78 is 26.4. The Kier molecular flexibility index (Phi) is 4.41. The zero-order chi connectivity index (χ0) is 12.5. The third kappa shape index (κ3) is 2.81. The average molecular weight is 312 g/mol. The molecule has 1 aliphatic rings. The van der Waals surface area contributed by atoms with Gasteiger partial charge in [-0.2, -0.15) is 16.1 Å². The summed E-state index contributed by atoms with van der Waals surface area (Å²) in [6.07, 6.45) is 0. The van der Waals surface area contributed by atoms with E-state index in [1.807, 2.05) is 6.92 Å². The number of thiophene rings is 1. The van der Waals surface area contributed by atoms with Crippen LogP contribution in [0, 0.1) is 6.92 Å². The van der Waals surface area contributed by atoms with Gasteiger partial charge < -0.3 is 0 Å². The maximum Gasteiger partial charge on any atom is 0.244 e. The number of alkyl halides is 1. The topological polar surface area (TPSA) is 37.4 Å². The van der Waals surface area contributed by atoms with Crippen molar-refractivity contribution in [3.8, 4) is 0 Å². The Morgan fingerprint density at radius 2 is 2.06 bits per heavy atom. The summed E-state index contributed by atoms with van der Waals surface area (Å²) in [6.45, 7) is 3.06. The Balaban J connectivity index is 2.33. The Labute approximate surface area is 115 Å². The van der Waals surface area contributed by atoms with Crippen molar-refractivity contribution in [3.63, 3.8) is 0 Å². The molecule has 0 saturated carbocycles. The van der Waals surface area contributed by atoms with Crippen LogP contribution in [0.1, 0.15) is 9.75 Å². The molecule has 17 heavy (non-hydrogen) atoms. The van der Waals surface area contributed by atoms with Gasteiger partial charge in [-0.1, -0.05) is 0 Å². The number of thioether (sulfide) groups is 1. The van der Waals surface area contributed by atoms with E-state index in [1.54, 1.807) is 22.1 Å². The summed E-state index contributed by atoms with van der Waals surface area (Å²) in [5.41, 5.74) is 0. The van der Waals surface area contributed by atoms with Gasteiger partial charge in [0.1, 0.15) is 0 Å². The molecule has 2 heterocycles. The molecular formula is C10H14ClNO2S3. The fourth-order valence-electron chi connectivity index (χ4n) is 1.77. The lowest BCUT2D eigenvalue weighted by Gasteiger charge is -2.25. The highest BCUT2D eigenvalue weighted by atomic mass is 35.5. The van der Waals surface area contributed by atoms with Crippen molar-refractivity contribution < 1.29 is 8.42 Å². The highest BCUT2D eigenvalue weighted by molar-refractivity contribution is 7.99. The normalized spacial score (nSPS) is 18.5. The molecule has 0 radical (unpaired) electrons. The van der Waals surface area contributed by atoms with Crippen LogP contribution in [-0.2, 0) is 15.9 Å². The SMILES string of the molecule is Cc1sc(CCl)cc1S(=O)(=O)N1CCSCC1. The molecule has 1 aromatic rings. The van der Waals surface area contributed by atoms with E-state index in [-0.39, 0.29) is 0 Å².